The van der Waals surface area contributed by atoms with Crippen LogP contribution in [-0.4, -0.2) is 39.3 Å². The van der Waals surface area contributed by atoms with Crippen molar-refractivity contribution in [2.75, 3.05) is 12.8 Å². The number of rotatable bonds is 6. The summed E-state index contributed by atoms with van der Waals surface area (Å²) in [5, 5.41) is 19.4. The lowest BCUT2D eigenvalue weighted by Crippen LogP contribution is -2.15. The average molecular weight is 447 g/mol. The van der Waals surface area contributed by atoms with Gasteiger partial charge in [-0.05, 0) is 63.9 Å². The van der Waals surface area contributed by atoms with Crippen LogP contribution >= 0.6 is 15.9 Å². The molecule has 3 rings (SSSR count). The number of hydrogen-bond donors (Lipinski definition) is 2. The van der Waals surface area contributed by atoms with Crippen molar-refractivity contribution in [3.63, 3.8) is 0 Å². The number of ether oxygens (including phenoxy) is 1. The average Bonchev–Trinajstić information content (AvgIpc) is 3.21. The molecule has 0 saturated carbocycles. The van der Waals surface area contributed by atoms with Crippen molar-refractivity contribution < 1.29 is 9.37 Å². The van der Waals surface area contributed by atoms with E-state index in [0.717, 1.165) is 32.7 Å². The first-order chi connectivity index (χ1) is 13.4. The quantitative estimate of drug-likeness (QED) is 0.334. The van der Waals surface area contributed by atoms with Gasteiger partial charge < -0.3 is 16.2 Å². The predicted octanol–water partition coefficient (Wildman–Crippen LogP) is 2.02. The number of nitrogens with zero attached hydrogens (tertiary/aromatic N) is 6. The van der Waals surface area contributed by atoms with E-state index in [9.17, 15) is 0 Å². The van der Waals surface area contributed by atoms with Crippen LogP contribution in [0.3, 0.4) is 0 Å². The number of nitrogens with two attached hydrogens (primary N) is 2. The molecule has 0 bridgehead atoms. The Balaban J connectivity index is 1.84. The van der Waals surface area contributed by atoms with Crippen molar-refractivity contribution in [1.29, 1.82) is 0 Å². The Hall–Kier alpha value is -3.21. The number of methoxy groups -OCH3 is 1. The Morgan fingerprint density at radius 2 is 2.14 bits per heavy atom. The molecule has 0 saturated heterocycles. The zero-order chi connectivity index (χ0) is 20.3. The predicted molar refractivity (Wildman–Crippen MR) is 109 cm³/mol. The summed E-state index contributed by atoms with van der Waals surface area (Å²) in [4.78, 5) is 0. The second kappa shape index (κ2) is 8.21. The number of hydrogen-bond acceptors (Lipinski definition) is 8. The molecule has 1 aromatic carbocycles. The fraction of sp³-hybridized carbons (Fsp3) is 0.235. The van der Waals surface area contributed by atoms with Crippen LogP contribution in [0.1, 0.15) is 28.2 Å². The van der Waals surface area contributed by atoms with Crippen molar-refractivity contribution in [1.82, 2.24) is 20.1 Å². The molecule has 0 amide bonds. The third-order valence-corrected chi connectivity index (χ3v) is 5.19. The van der Waals surface area contributed by atoms with Gasteiger partial charge in [-0.1, -0.05) is 0 Å². The molecule has 0 spiro atoms. The third kappa shape index (κ3) is 4.03. The smallest absolute Gasteiger partial charge is 0.199 e. The molecule has 10 nitrogen and oxygen atoms in total. The Morgan fingerprint density at radius 1 is 1.36 bits per heavy atom. The van der Waals surface area contributed by atoms with E-state index < -0.39 is 0 Å². The zero-order valence-electron chi connectivity index (χ0n) is 15.5. The van der Waals surface area contributed by atoms with Gasteiger partial charge in [0.05, 0.1) is 35.7 Å². The molecule has 0 aliphatic heterocycles. The molecular formula is C17H19BrN8O2. The van der Waals surface area contributed by atoms with Gasteiger partial charge in [0, 0.05) is 5.56 Å². The molecule has 0 fully saturated rings. The number of anilines is 1. The maximum Gasteiger partial charge on any atom is 0.199 e. The normalized spacial score (nSPS) is 12.1. The Bertz CT molecular complexity index is 1050. The molecular weight excluding hydrogens is 428 g/mol. The Labute approximate surface area is 169 Å². The van der Waals surface area contributed by atoms with E-state index in [4.69, 9.17) is 16.2 Å². The standard InChI is InChI=1S/C17H19BrN8O2/c1-9-14(18)10(2)26(23-9)8-12-6-11(4-5-13(12)27-3)7-21-22-16(19)15-17(20)25-28-24-15/h4-7H,8H2,1-3H3,(H2,19,22)(H2,20,25). The van der Waals surface area contributed by atoms with Crippen molar-refractivity contribution in [2.24, 2.45) is 15.9 Å². The molecule has 0 atom stereocenters. The molecule has 146 valence electrons. The first-order valence-electron chi connectivity index (χ1n) is 8.22. The maximum absolute atomic E-state index is 5.77. The first-order valence-corrected chi connectivity index (χ1v) is 9.01. The van der Waals surface area contributed by atoms with Gasteiger partial charge in [-0.3, -0.25) is 4.68 Å². The number of halogens is 1. The van der Waals surface area contributed by atoms with Crippen LogP contribution in [0.15, 0.2) is 37.5 Å². The molecule has 2 aromatic heterocycles. The molecule has 3 aromatic rings. The summed E-state index contributed by atoms with van der Waals surface area (Å²) in [6.45, 7) is 4.51. The molecule has 0 aliphatic carbocycles. The van der Waals surface area contributed by atoms with Crippen LogP contribution in [0, 0.1) is 13.8 Å². The van der Waals surface area contributed by atoms with Crippen molar-refractivity contribution in [2.45, 2.75) is 20.4 Å². The molecule has 0 unspecified atom stereocenters. The van der Waals surface area contributed by atoms with Gasteiger partial charge in [0.1, 0.15) is 5.75 Å². The van der Waals surface area contributed by atoms with Crippen LogP contribution in [0.2, 0.25) is 0 Å². The third-order valence-electron chi connectivity index (χ3n) is 4.05. The minimum absolute atomic E-state index is 0.0104. The largest absolute Gasteiger partial charge is 0.496 e. The van der Waals surface area contributed by atoms with Crippen LogP contribution in [0.5, 0.6) is 5.75 Å². The van der Waals surface area contributed by atoms with Crippen molar-refractivity contribution in [3.05, 3.63) is 50.9 Å². The highest BCUT2D eigenvalue weighted by molar-refractivity contribution is 9.10. The lowest BCUT2D eigenvalue weighted by atomic mass is 10.1. The van der Waals surface area contributed by atoms with Crippen LogP contribution in [-0.2, 0) is 6.54 Å². The van der Waals surface area contributed by atoms with Crippen LogP contribution < -0.4 is 16.2 Å². The summed E-state index contributed by atoms with van der Waals surface area (Å²) < 4.78 is 12.9. The van der Waals surface area contributed by atoms with E-state index in [1.807, 2.05) is 36.7 Å². The number of nitrogen functional groups attached to an aromatic ring is 1. The van der Waals surface area contributed by atoms with E-state index in [-0.39, 0.29) is 17.3 Å². The summed E-state index contributed by atoms with van der Waals surface area (Å²) in [6, 6.07) is 5.68. The zero-order valence-corrected chi connectivity index (χ0v) is 17.1. The molecule has 11 heteroatoms. The molecule has 2 heterocycles. The highest BCUT2D eigenvalue weighted by Crippen LogP contribution is 2.24. The van der Waals surface area contributed by atoms with Crippen molar-refractivity contribution >= 4 is 33.8 Å². The molecule has 0 aliphatic rings. The van der Waals surface area contributed by atoms with Gasteiger partial charge in [0.2, 0.25) is 0 Å². The minimum Gasteiger partial charge on any atom is -0.496 e. The van der Waals surface area contributed by atoms with E-state index in [1.165, 1.54) is 0 Å². The van der Waals surface area contributed by atoms with Gasteiger partial charge in [0.25, 0.3) is 0 Å². The highest BCUT2D eigenvalue weighted by Gasteiger charge is 2.12. The lowest BCUT2D eigenvalue weighted by molar-refractivity contribution is 0.308. The number of amidine groups is 1. The van der Waals surface area contributed by atoms with E-state index >= 15 is 0 Å². The van der Waals surface area contributed by atoms with E-state index in [2.05, 4.69) is 46.2 Å². The molecule has 4 N–H and O–H groups in total. The first kappa shape index (κ1) is 19.5. The van der Waals surface area contributed by atoms with Crippen LogP contribution in [0.4, 0.5) is 5.82 Å². The molecule has 0 radical (unpaired) electrons. The summed E-state index contributed by atoms with van der Waals surface area (Å²) in [6.07, 6.45) is 1.57. The fourth-order valence-corrected chi connectivity index (χ4v) is 2.86. The SMILES string of the molecule is COc1ccc(C=NN=C(N)c2nonc2N)cc1Cn1nc(C)c(Br)c1C. The van der Waals surface area contributed by atoms with E-state index in [0.29, 0.717) is 6.54 Å². The monoisotopic (exact) mass is 446 g/mol. The maximum atomic E-state index is 5.77. The summed E-state index contributed by atoms with van der Waals surface area (Å²) >= 11 is 3.55. The number of aryl methyl sites for hydroxylation is 1. The second-order valence-corrected chi connectivity index (χ2v) is 6.73. The van der Waals surface area contributed by atoms with Gasteiger partial charge in [-0.25, -0.2) is 4.63 Å². The topological polar surface area (TPSA) is 143 Å². The Morgan fingerprint density at radius 3 is 2.75 bits per heavy atom. The van der Waals surface area contributed by atoms with Gasteiger partial charge >= 0.3 is 0 Å². The van der Waals surface area contributed by atoms with Crippen molar-refractivity contribution in [3.8, 4) is 5.75 Å². The second-order valence-electron chi connectivity index (χ2n) is 5.94. The minimum atomic E-state index is 0.0104. The van der Waals surface area contributed by atoms with Gasteiger partial charge in [-0.2, -0.15) is 10.2 Å². The Kier molecular flexibility index (Phi) is 5.73. The van der Waals surface area contributed by atoms with Gasteiger partial charge in [0.15, 0.2) is 17.3 Å². The number of benzene rings is 1. The molecule has 28 heavy (non-hydrogen) atoms. The summed E-state index contributed by atoms with van der Waals surface area (Å²) in [5.74, 6) is 0.820. The van der Waals surface area contributed by atoms with Crippen LogP contribution in [0.25, 0.3) is 0 Å². The van der Waals surface area contributed by atoms with Gasteiger partial charge in [-0.15, -0.1) is 5.10 Å². The summed E-state index contributed by atoms with van der Waals surface area (Å²) in [5.41, 5.74) is 15.2. The highest BCUT2D eigenvalue weighted by atomic mass is 79.9. The summed E-state index contributed by atoms with van der Waals surface area (Å²) in [7, 11) is 1.63. The lowest BCUT2D eigenvalue weighted by Gasteiger charge is -2.11. The number of aromatic nitrogens is 4. The van der Waals surface area contributed by atoms with E-state index in [1.54, 1.807) is 13.3 Å². The fourth-order valence-electron chi connectivity index (χ4n) is 2.57.